The molecule has 0 bridgehead atoms. The van der Waals surface area contributed by atoms with Gasteiger partial charge in [-0.3, -0.25) is 4.90 Å². The van der Waals surface area contributed by atoms with Crippen molar-refractivity contribution in [2.75, 3.05) is 13.1 Å². The second kappa shape index (κ2) is 5.98. The highest BCUT2D eigenvalue weighted by atomic mass is 32.1. The van der Waals surface area contributed by atoms with Crippen LogP contribution >= 0.6 is 11.3 Å². The van der Waals surface area contributed by atoms with E-state index >= 15 is 0 Å². The minimum absolute atomic E-state index is 0.312. The molecule has 21 heavy (non-hydrogen) atoms. The smallest absolute Gasteiger partial charge is 0.107 e. The molecule has 0 aromatic carbocycles. The van der Waals surface area contributed by atoms with E-state index in [9.17, 15) is 0 Å². The van der Waals surface area contributed by atoms with Gasteiger partial charge in [-0.1, -0.05) is 13.8 Å². The maximum atomic E-state index is 4.77. The molecule has 0 radical (unpaired) electrons. The van der Waals surface area contributed by atoms with E-state index in [-0.39, 0.29) is 0 Å². The lowest BCUT2D eigenvalue weighted by Gasteiger charge is -2.47. The van der Waals surface area contributed by atoms with Crippen LogP contribution in [0.2, 0.25) is 0 Å². The fourth-order valence-electron chi connectivity index (χ4n) is 3.64. The van der Waals surface area contributed by atoms with Crippen LogP contribution in [0.25, 0.3) is 0 Å². The summed E-state index contributed by atoms with van der Waals surface area (Å²) in [5.74, 6) is 0.923. The second-order valence-electron chi connectivity index (χ2n) is 6.93. The molecular weight excluding hydrogens is 278 g/mol. The van der Waals surface area contributed by atoms with Crippen LogP contribution in [0, 0.1) is 19.8 Å². The van der Waals surface area contributed by atoms with Crippen molar-refractivity contribution >= 4 is 11.3 Å². The van der Waals surface area contributed by atoms with Crippen LogP contribution in [0.15, 0.2) is 0 Å². The van der Waals surface area contributed by atoms with E-state index in [0.29, 0.717) is 5.54 Å². The topological polar surface area (TPSA) is 28.2 Å². The average Bonchev–Trinajstić information content (AvgIpc) is 3.26. The van der Waals surface area contributed by atoms with Crippen LogP contribution in [-0.2, 0) is 6.54 Å². The van der Waals surface area contributed by atoms with Gasteiger partial charge in [0.15, 0.2) is 0 Å². The summed E-state index contributed by atoms with van der Waals surface area (Å²) in [4.78, 5) is 8.88. The molecule has 3 rings (SSSR count). The molecule has 3 nitrogen and oxygen atoms in total. The minimum atomic E-state index is 0.312. The van der Waals surface area contributed by atoms with Crippen molar-refractivity contribution in [2.45, 2.75) is 71.5 Å². The monoisotopic (exact) mass is 307 g/mol. The average molecular weight is 308 g/mol. The van der Waals surface area contributed by atoms with Gasteiger partial charge in [0.05, 0.1) is 12.2 Å². The van der Waals surface area contributed by atoms with Crippen LogP contribution < -0.4 is 5.32 Å². The summed E-state index contributed by atoms with van der Waals surface area (Å²) in [6, 6.07) is 0.723. The minimum Gasteiger partial charge on any atom is -0.308 e. The van der Waals surface area contributed by atoms with Crippen LogP contribution in [0.5, 0.6) is 0 Å². The first kappa shape index (κ1) is 15.4. The zero-order valence-corrected chi connectivity index (χ0v) is 14.7. The molecule has 1 aromatic rings. The number of hydrogen-bond acceptors (Lipinski definition) is 4. The molecular formula is C17H29N3S. The third kappa shape index (κ3) is 3.17. The number of nitrogens with one attached hydrogen (secondary N) is 1. The van der Waals surface area contributed by atoms with E-state index in [2.05, 4.69) is 37.9 Å². The first-order valence-electron chi connectivity index (χ1n) is 8.49. The van der Waals surface area contributed by atoms with Gasteiger partial charge in [0.25, 0.3) is 0 Å². The second-order valence-corrected chi connectivity index (χ2v) is 8.22. The predicted molar refractivity (Wildman–Crippen MR) is 89.8 cm³/mol. The lowest BCUT2D eigenvalue weighted by molar-refractivity contribution is 0.0556. The van der Waals surface area contributed by atoms with E-state index in [4.69, 9.17) is 4.98 Å². The number of nitrogens with zero attached hydrogens (tertiary/aromatic N) is 2. The van der Waals surface area contributed by atoms with Crippen molar-refractivity contribution in [1.82, 2.24) is 15.2 Å². The predicted octanol–water partition coefficient (Wildman–Crippen LogP) is 3.50. The molecule has 1 saturated heterocycles. The third-order valence-electron chi connectivity index (χ3n) is 5.59. The fraction of sp³-hybridized carbons (Fsp3) is 0.824. The molecule has 1 N–H and O–H groups in total. The number of aryl methyl sites for hydroxylation is 2. The molecule has 4 heteroatoms. The summed E-state index contributed by atoms with van der Waals surface area (Å²) in [6.45, 7) is 12.4. The zero-order chi connectivity index (χ0) is 15.0. The first-order valence-corrected chi connectivity index (χ1v) is 9.30. The van der Waals surface area contributed by atoms with E-state index in [0.717, 1.165) is 25.0 Å². The van der Waals surface area contributed by atoms with Crippen LogP contribution in [0.4, 0.5) is 0 Å². The zero-order valence-electron chi connectivity index (χ0n) is 13.9. The van der Waals surface area contributed by atoms with Crippen LogP contribution in [0.3, 0.4) is 0 Å². The van der Waals surface area contributed by atoms with E-state index in [1.807, 2.05) is 11.3 Å². The maximum absolute atomic E-state index is 4.77. The van der Waals surface area contributed by atoms with E-state index in [1.165, 1.54) is 47.8 Å². The molecule has 1 aromatic heterocycles. The Morgan fingerprint density at radius 2 is 2.00 bits per heavy atom. The standard InChI is InChI=1S/C17H29N3S/c1-5-17(6-2)11-20(15(9-18-17)14-7-8-14)10-16-19-12(3)13(4)21-16/h14-15,18H,5-11H2,1-4H3. The molecule has 1 saturated carbocycles. The van der Waals surface area contributed by atoms with Gasteiger partial charge in [-0.15, -0.1) is 11.3 Å². The molecule has 2 heterocycles. The summed E-state index contributed by atoms with van der Waals surface area (Å²) in [6.07, 6.45) is 5.27. The molecule has 0 amide bonds. The van der Waals surface area contributed by atoms with Crippen LogP contribution in [-0.4, -0.2) is 34.6 Å². The van der Waals surface area contributed by atoms with Gasteiger partial charge in [-0.05, 0) is 45.4 Å². The van der Waals surface area contributed by atoms with Crippen LogP contribution in [0.1, 0.15) is 55.1 Å². The van der Waals surface area contributed by atoms with Crippen molar-refractivity contribution in [3.8, 4) is 0 Å². The lowest BCUT2D eigenvalue weighted by Crippen LogP contribution is -2.64. The highest BCUT2D eigenvalue weighted by Gasteiger charge is 2.43. The van der Waals surface area contributed by atoms with Gasteiger partial charge in [0, 0.05) is 29.5 Å². The third-order valence-corrected chi connectivity index (χ3v) is 6.65. The van der Waals surface area contributed by atoms with Crippen molar-refractivity contribution in [3.63, 3.8) is 0 Å². The number of thiazole rings is 1. The summed E-state index contributed by atoms with van der Waals surface area (Å²) in [5.41, 5.74) is 1.53. The van der Waals surface area contributed by atoms with Gasteiger partial charge in [0.1, 0.15) is 5.01 Å². The lowest BCUT2D eigenvalue weighted by atomic mass is 9.87. The SMILES string of the molecule is CCC1(CC)CN(Cc2nc(C)c(C)s2)C(C2CC2)CN1. The first-order chi connectivity index (χ1) is 10.1. The Balaban J connectivity index is 1.76. The quantitative estimate of drug-likeness (QED) is 0.902. The number of aromatic nitrogens is 1. The molecule has 2 fully saturated rings. The molecule has 1 aliphatic heterocycles. The summed E-state index contributed by atoms with van der Waals surface area (Å²) in [7, 11) is 0. The van der Waals surface area contributed by atoms with Gasteiger partial charge in [-0.25, -0.2) is 4.98 Å². The molecule has 1 unspecified atom stereocenters. The number of hydrogen-bond donors (Lipinski definition) is 1. The van der Waals surface area contributed by atoms with Crippen molar-refractivity contribution < 1.29 is 0 Å². The molecule has 0 spiro atoms. The molecule has 1 aliphatic carbocycles. The normalized spacial score (nSPS) is 26.2. The number of piperazine rings is 1. The van der Waals surface area contributed by atoms with E-state index in [1.54, 1.807) is 0 Å². The van der Waals surface area contributed by atoms with Gasteiger partial charge < -0.3 is 5.32 Å². The Labute approximate surface area is 133 Å². The summed E-state index contributed by atoms with van der Waals surface area (Å²) >= 11 is 1.88. The maximum Gasteiger partial charge on any atom is 0.107 e. The Kier molecular flexibility index (Phi) is 4.40. The Bertz CT molecular complexity index is 469. The molecule has 1 atom stereocenters. The molecule has 2 aliphatic rings. The van der Waals surface area contributed by atoms with E-state index < -0.39 is 0 Å². The van der Waals surface area contributed by atoms with Gasteiger partial charge in [-0.2, -0.15) is 0 Å². The highest BCUT2D eigenvalue weighted by molar-refractivity contribution is 7.11. The Hall–Kier alpha value is -0.450. The van der Waals surface area contributed by atoms with Crippen molar-refractivity contribution in [2.24, 2.45) is 5.92 Å². The Morgan fingerprint density at radius 1 is 1.29 bits per heavy atom. The highest BCUT2D eigenvalue weighted by Crippen LogP contribution is 2.39. The fourth-order valence-corrected chi connectivity index (χ4v) is 4.59. The number of rotatable bonds is 5. The summed E-state index contributed by atoms with van der Waals surface area (Å²) < 4.78 is 0. The van der Waals surface area contributed by atoms with Crippen molar-refractivity contribution in [3.05, 3.63) is 15.6 Å². The van der Waals surface area contributed by atoms with Crippen molar-refractivity contribution in [1.29, 1.82) is 0 Å². The van der Waals surface area contributed by atoms with Gasteiger partial charge >= 0.3 is 0 Å². The molecule has 118 valence electrons. The van der Waals surface area contributed by atoms with Gasteiger partial charge in [0.2, 0.25) is 0 Å². The largest absolute Gasteiger partial charge is 0.308 e. The summed E-state index contributed by atoms with van der Waals surface area (Å²) in [5, 5.41) is 5.18. The Morgan fingerprint density at radius 3 is 2.52 bits per heavy atom.